The van der Waals surface area contributed by atoms with Crippen LogP contribution in [0.15, 0.2) is 0 Å². The Morgan fingerprint density at radius 1 is 1.08 bits per heavy atom. The highest BCUT2D eigenvalue weighted by Crippen LogP contribution is 2.15. The second kappa shape index (κ2) is 11.3. The normalized spacial score (nSPS) is 16.4. The van der Waals surface area contributed by atoms with Crippen molar-refractivity contribution in [3.63, 3.8) is 0 Å². The van der Waals surface area contributed by atoms with Gasteiger partial charge in [-0.1, -0.05) is 27.7 Å². The topological polar surface area (TPSA) is 136 Å². The summed E-state index contributed by atoms with van der Waals surface area (Å²) in [5.74, 6) is -1.83. The number of aliphatic hydroxyl groups excluding tert-OH is 1. The molecule has 1 unspecified atom stereocenters. The zero-order valence-electron chi connectivity index (χ0n) is 16.1. The van der Waals surface area contributed by atoms with Gasteiger partial charge in [-0.2, -0.15) is 0 Å². The van der Waals surface area contributed by atoms with Crippen LogP contribution in [0.2, 0.25) is 0 Å². The van der Waals surface area contributed by atoms with Crippen LogP contribution in [0, 0.1) is 17.8 Å². The van der Waals surface area contributed by atoms with Gasteiger partial charge in [-0.15, -0.1) is 0 Å². The first kappa shape index (κ1) is 23.7. The molecule has 0 rings (SSSR count). The first-order valence-electron chi connectivity index (χ1n) is 9.01. The van der Waals surface area contributed by atoms with Gasteiger partial charge in [0.1, 0.15) is 5.78 Å². The maximum absolute atomic E-state index is 12.5. The lowest BCUT2D eigenvalue weighted by atomic mass is 9.90. The molecule has 0 aromatic carbocycles. The second-order valence-corrected chi connectivity index (χ2v) is 7.45. The monoisotopic (exact) mass is 357 g/mol. The number of Topliss-reactive ketones (excluding diaryl/α,β-unsaturated/α-hetero) is 2. The number of nitrogens with one attached hydrogen (secondary N) is 1. The molecule has 25 heavy (non-hydrogen) atoms. The molecule has 6 N–H and O–H groups in total. The number of aliphatic hydroxyl groups is 1. The minimum Gasteiger partial charge on any atom is -0.393 e. The number of carbonyl (C=O) groups excluding carboxylic acids is 3. The number of hydrogen-bond acceptors (Lipinski definition) is 6. The Morgan fingerprint density at radius 2 is 1.64 bits per heavy atom. The first-order valence-corrected chi connectivity index (χ1v) is 9.01. The van der Waals surface area contributed by atoms with E-state index in [4.69, 9.17) is 11.5 Å². The van der Waals surface area contributed by atoms with E-state index in [9.17, 15) is 19.5 Å². The van der Waals surface area contributed by atoms with Crippen LogP contribution in [-0.2, 0) is 14.4 Å². The fraction of sp³-hybridized carbons (Fsp3) is 0.833. The van der Waals surface area contributed by atoms with E-state index in [1.165, 1.54) is 6.92 Å². The van der Waals surface area contributed by atoms with Crippen molar-refractivity contribution in [2.24, 2.45) is 29.2 Å². The zero-order chi connectivity index (χ0) is 19.7. The highest BCUT2D eigenvalue weighted by molar-refractivity contribution is 5.93. The number of hydrogen-bond donors (Lipinski definition) is 4. The predicted molar refractivity (Wildman–Crippen MR) is 97.7 cm³/mol. The quantitative estimate of drug-likeness (QED) is 0.398. The molecule has 0 fully saturated rings. The number of rotatable bonds is 12. The van der Waals surface area contributed by atoms with Crippen LogP contribution in [0.4, 0.5) is 0 Å². The molecule has 0 heterocycles. The molecule has 0 aromatic heterocycles. The summed E-state index contributed by atoms with van der Waals surface area (Å²) in [5.41, 5.74) is 11.4. The van der Waals surface area contributed by atoms with E-state index >= 15 is 0 Å². The van der Waals surface area contributed by atoms with E-state index in [0.717, 1.165) is 0 Å². The van der Waals surface area contributed by atoms with E-state index < -0.39 is 30.0 Å². The fourth-order valence-electron chi connectivity index (χ4n) is 2.62. The van der Waals surface area contributed by atoms with E-state index in [-0.39, 0.29) is 36.4 Å². The number of ketones is 2. The Hall–Kier alpha value is -1.31. The highest BCUT2D eigenvalue weighted by Gasteiger charge is 2.31. The van der Waals surface area contributed by atoms with Gasteiger partial charge in [-0.05, 0) is 32.2 Å². The lowest BCUT2D eigenvalue weighted by Crippen LogP contribution is -2.49. The van der Waals surface area contributed by atoms with Crippen molar-refractivity contribution in [3.8, 4) is 0 Å². The van der Waals surface area contributed by atoms with Crippen molar-refractivity contribution in [2.45, 2.75) is 72.1 Å². The van der Waals surface area contributed by atoms with Gasteiger partial charge in [0.05, 0.1) is 24.1 Å². The zero-order valence-corrected chi connectivity index (χ0v) is 16.1. The number of carbonyl (C=O) groups is 3. The van der Waals surface area contributed by atoms with Crippen molar-refractivity contribution in [1.82, 2.24) is 5.32 Å². The van der Waals surface area contributed by atoms with Gasteiger partial charge in [-0.25, -0.2) is 0 Å². The molecule has 0 bridgehead atoms. The van der Waals surface area contributed by atoms with E-state index in [2.05, 4.69) is 5.32 Å². The van der Waals surface area contributed by atoms with Crippen molar-refractivity contribution in [2.75, 3.05) is 6.54 Å². The molecule has 0 aliphatic carbocycles. The summed E-state index contributed by atoms with van der Waals surface area (Å²) in [5, 5.41) is 12.6. The van der Waals surface area contributed by atoms with Crippen LogP contribution in [-0.4, -0.2) is 47.3 Å². The Balaban J connectivity index is 5.04. The van der Waals surface area contributed by atoms with Crippen molar-refractivity contribution >= 4 is 17.5 Å². The maximum Gasteiger partial charge on any atom is 0.226 e. The Kier molecular flexibility index (Phi) is 10.7. The van der Waals surface area contributed by atoms with Crippen LogP contribution in [0.1, 0.15) is 53.9 Å². The third kappa shape index (κ3) is 8.56. The SMILES string of the molecule is CC(C)C[C@@H](N)C(=O)C[C@H](C(=O)N[C@@H](CCN)C(=O)C(C)C)C(C)O. The van der Waals surface area contributed by atoms with Crippen molar-refractivity contribution in [1.29, 1.82) is 0 Å². The first-order chi connectivity index (χ1) is 11.5. The van der Waals surface area contributed by atoms with E-state index in [0.29, 0.717) is 12.8 Å². The van der Waals surface area contributed by atoms with Crippen molar-refractivity contribution < 1.29 is 19.5 Å². The molecule has 0 radical (unpaired) electrons. The Morgan fingerprint density at radius 3 is 2.04 bits per heavy atom. The van der Waals surface area contributed by atoms with Gasteiger partial charge >= 0.3 is 0 Å². The lowest BCUT2D eigenvalue weighted by Gasteiger charge is -2.25. The summed E-state index contributed by atoms with van der Waals surface area (Å²) in [6.45, 7) is 9.12. The smallest absolute Gasteiger partial charge is 0.226 e. The molecule has 4 atom stereocenters. The average molecular weight is 357 g/mol. The molecule has 0 aromatic rings. The number of amides is 1. The fourth-order valence-corrected chi connectivity index (χ4v) is 2.62. The van der Waals surface area contributed by atoms with Crippen LogP contribution < -0.4 is 16.8 Å². The lowest BCUT2D eigenvalue weighted by molar-refractivity contribution is -0.136. The third-order valence-electron chi connectivity index (χ3n) is 4.16. The Labute approximate surface area is 150 Å². The minimum atomic E-state index is -1.03. The molecule has 0 aliphatic rings. The van der Waals surface area contributed by atoms with Crippen molar-refractivity contribution in [3.05, 3.63) is 0 Å². The average Bonchev–Trinajstić information content (AvgIpc) is 2.49. The van der Waals surface area contributed by atoms with E-state index in [1.807, 2.05) is 13.8 Å². The van der Waals surface area contributed by atoms with Crippen LogP contribution in [0.3, 0.4) is 0 Å². The molecule has 0 saturated heterocycles. The van der Waals surface area contributed by atoms with Crippen LogP contribution in [0.25, 0.3) is 0 Å². The summed E-state index contributed by atoms with van der Waals surface area (Å²) < 4.78 is 0. The van der Waals surface area contributed by atoms with Gasteiger partial charge in [0.2, 0.25) is 5.91 Å². The highest BCUT2D eigenvalue weighted by atomic mass is 16.3. The molecule has 7 nitrogen and oxygen atoms in total. The summed E-state index contributed by atoms with van der Waals surface area (Å²) in [6, 6.07) is -1.37. The largest absolute Gasteiger partial charge is 0.393 e. The summed E-state index contributed by atoms with van der Waals surface area (Å²) in [6.07, 6.45) is -0.337. The minimum absolute atomic E-state index is 0.119. The van der Waals surface area contributed by atoms with E-state index in [1.54, 1.807) is 13.8 Å². The Bertz CT molecular complexity index is 450. The van der Waals surface area contributed by atoms with Gasteiger partial charge in [0, 0.05) is 12.3 Å². The van der Waals surface area contributed by atoms with Crippen LogP contribution >= 0.6 is 0 Å². The second-order valence-electron chi connectivity index (χ2n) is 7.45. The van der Waals surface area contributed by atoms with Gasteiger partial charge in [0.25, 0.3) is 0 Å². The summed E-state index contributed by atoms with van der Waals surface area (Å²) >= 11 is 0. The maximum atomic E-state index is 12.5. The molecule has 146 valence electrons. The van der Waals surface area contributed by atoms with Gasteiger partial charge < -0.3 is 21.9 Å². The molecule has 0 aliphatic heterocycles. The third-order valence-corrected chi connectivity index (χ3v) is 4.16. The molecular formula is C18H35N3O4. The predicted octanol–water partition coefficient (Wildman–Crippen LogP) is 0.375. The molecule has 0 saturated carbocycles. The summed E-state index contributed by atoms with van der Waals surface area (Å²) in [4.78, 5) is 37.0. The molecule has 1 amide bonds. The number of nitrogens with two attached hydrogens (primary N) is 2. The standard InChI is InChI=1S/C18H35N3O4/c1-10(2)8-14(20)16(23)9-13(12(5)22)18(25)21-15(6-7-19)17(24)11(3)4/h10-15,22H,6-9,19-20H2,1-5H3,(H,21,25)/t12?,13-,14+,15-/m0/s1. The van der Waals surface area contributed by atoms with Gasteiger partial charge in [-0.3, -0.25) is 14.4 Å². The molecule has 7 heteroatoms. The van der Waals surface area contributed by atoms with Crippen LogP contribution in [0.5, 0.6) is 0 Å². The molecule has 0 spiro atoms. The molecular weight excluding hydrogens is 322 g/mol. The summed E-state index contributed by atoms with van der Waals surface area (Å²) in [7, 11) is 0. The van der Waals surface area contributed by atoms with Gasteiger partial charge in [0.15, 0.2) is 5.78 Å².